The zero-order chi connectivity index (χ0) is 16.4. The summed E-state index contributed by atoms with van der Waals surface area (Å²) in [5, 5.41) is 14.1. The van der Waals surface area contributed by atoms with Crippen molar-refractivity contribution in [2.24, 2.45) is 0 Å². The van der Waals surface area contributed by atoms with Crippen LogP contribution in [0.15, 0.2) is 12.5 Å². The fourth-order valence-corrected chi connectivity index (χ4v) is 3.76. The Hall–Kier alpha value is -1.78. The van der Waals surface area contributed by atoms with Crippen LogP contribution in [0.25, 0.3) is 11.0 Å². The number of hydrogen-bond donors (Lipinski definition) is 2. The van der Waals surface area contributed by atoms with Gasteiger partial charge in [-0.2, -0.15) is 5.10 Å². The van der Waals surface area contributed by atoms with E-state index in [0.29, 0.717) is 18.7 Å². The summed E-state index contributed by atoms with van der Waals surface area (Å²) >= 11 is 0. The lowest BCUT2D eigenvalue weighted by Crippen LogP contribution is -2.47. The summed E-state index contributed by atoms with van der Waals surface area (Å²) in [6.45, 7) is 1.72. The molecular weight excluding hydrogens is 320 g/mol. The van der Waals surface area contributed by atoms with Crippen molar-refractivity contribution in [3.63, 3.8) is 0 Å². The van der Waals surface area contributed by atoms with Gasteiger partial charge in [-0.3, -0.25) is 0 Å². The molecule has 1 aliphatic rings. The van der Waals surface area contributed by atoms with E-state index in [1.807, 2.05) is 0 Å². The highest BCUT2D eigenvalue weighted by molar-refractivity contribution is 7.88. The predicted octanol–water partition coefficient (Wildman–Crippen LogP) is -0.663. The van der Waals surface area contributed by atoms with Gasteiger partial charge in [0.05, 0.1) is 31.0 Å². The zero-order valence-corrected chi connectivity index (χ0v) is 13.7. The molecule has 10 heteroatoms. The molecule has 126 valence electrons. The van der Waals surface area contributed by atoms with Gasteiger partial charge in [0.25, 0.3) is 0 Å². The van der Waals surface area contributed by atoms with Gasteiger partial charge in [-0.05, 0) is 12.8 Å². The van der Waals surface area contributed by atoms with Crippen molar-refractivity contribution < 1.29 is 13.5 Å². The van der Waals surface area contributed by atoms with E-state index >= 15 is 0 Å². The summed E-state index contributed by atoms with van der Waals surface area (Å²) in [4.78, 5) is 10.6. The molecule has 0 radical (unpaired) electrons. The second kappa shape index (κ2) is 6.38. The maximum absolute atomic E-state index is 11.4. The van der Waals surface area contributed by atoms with E-state index in [1.165, 1.54) is 12.6 Å². The molecule has 2 aromatic heterocycles. The number of piperidine rings is 1. The topological polar surface area (TPSA) is 113 Å². The van der Waals surface area contributed by atoms with E-state index in [1.54, 1.807) is 10.9 Å². The lowest BCUT2D eigenvalue weighted by Gasteiger charge is -2.33. The van der Waals surface area contributed by atoms with Crippen molar-refractivity contribution in [1.82, 2.24) is 24.5 Å². The van der Waals surface area contributed by atoms with Crippen LogP contribution in [-0.4, -0.2) is 65.3 Å². The maximum Gasteiger partial charge on any atom is 0.209 e. The highest BCUT2D eigenvalue weighted by Gasteiger charge is 2.25. The average molecular weight is 340 g/mol. The van der Waals surface area contributed by atoms with Gasteiger partial charge in [-0.1, -0.05) is 0 Å². The smallest absolute Gasteiger partial charge is 0.209 e. The summed E-state index contributed by atoms with van der Waals surface area (Å²) in [6.07, 6.45) is 6.02. The third-order valence-corrected chi connectivity index (χ3v) is 4.59. The summed E-state index contributed by atoms with van der Waals surface area (Å²) < 4.78 is 27.2. The molecule has 0 bridgehead atoms. The number of rotatable bonds is 5. The Labute approximate surface area is 134 Å². The number of fused-ring (bicyclic) bond motifs is 1. The van der Waals surface area contributed by atoms with Crippen LogP contribution in [0.2, 0.25) is 0 Å². The van der Waals surface area contributed by atoms with Crippen molar-refractivity contribution >= 4 is 26.9 Å². The second-order valence-electron chi connectivity index (χ2n) is 5.70. The Morgan fingerprint density at radius 3 is 3.00 bits per heavy atom. The van der Waals surface area contributed by atoms with Gasteiger partial charge in [0.2, 0.25) is 10.0 Å². The Balaban J connectivity index is 1.87. The number of nitrogens with zero attached hydrogens (tertiary/aromatic N) is 5. The highest BCUT2D eigenvalue weighted by atomic mass is 32.2. The lowest BCUT2D eigenvalue weighted by molar-refractivity contribution is 0.271. The van der Waals surface area contributed by atoms with Crippen LogP contribution in [-0.2, 0) is 16.6 Å². The Morgan fingerprint density at radius 2 is 2.26 bits per heavy atom. The molecule has 23 heavy (non-hydrogen) atoms. The molecule has 2 N–H and O–H groups in total. The number of aromatic nitrogens is 4. The molecule has 1 fully saturated rings. The number of anilines is 1. The van der Waals surface area contributed by atoms with Gasteiger partial charge < -0.3 is 10.0 Å². The van der Waals surface area contributed by atoms with Crippen molar-refractivity contribution in [2.45, 2.75) is 25.4 Å². The van der Waals surface area contributed by atoms with E-state index in [0.717, 1.165) is 30.6 Å². The van der Waals surface area contributed by atoms with Crippen LogP contribution < -0.4 is 9.62 Å². The first-order valence-electron chi connectivity index (χ1n) is 7.47. The standard InChI is InChI=1S/C13H20N6O3S/c1-23(21,22)17-10-3-2-4-18(8-10)12-11-7-16-19(5-6-20)13(11)15-9-14-12/h7,9-10,17,20H,2-6,8H2,1H3. The quantitative estimate of drug-likeness (QED) is 0.742. The minimum Gasteiger partial charge on any atom is -0.394 e. The lowest BCUT2D eigenvalue weighted by atomic mass is 10.1. The number of hydrogen-bond acceptors (Lipinski definition) is 7. The van der Waals surface area contributed by atoms with E-state index in [4.69, 9.17) is 5.11 Å². The monoisotopic (exact) mass is 340 g/mol. The molecule has 0 aromatic carbocycles. The molecular formula is C13H20N6O3S. The molecule has 1 unspecified atom stereocenters. The van der Waals surface area contributed by atoms with Gasteiger partial charge in [-0.25, -0.2) is 27.8 Å². The van der Waals surface area contributed by atoms with Gasteiger partial charge in [0.15, 0.2) is 5.65 Å². The molecule has 0 saturated carbocycles. The number of aliphatic hydroxyl groups is 1. The molecule has 9 nitrogen and oxygen atoms in total. The summed E-state index contributed by atoms with van der Waals surface area (Å²) in [7, 11) is -3.23. The molecule has 3 heterocycles. The van der Waals surface area contributed by atoms with Crippen LogP contribution in [0.1, 0.15) is 12.8 Å². The molecule has 0 aliphatic carbocycles. The fraction of sp³-hybridized carbons (Fsp3) is 0.615. The SMILES string of the molecule is CS(=O)(=O)NC1CCCN(c2ncnc3c2cnn3CCO)C1. The van der Waals surface area contributed by atoms with Gasteiger partial charge in [-0.15, -0.1) is 0 Å². The first-order chi connectivity index (χ1) is 11.0. The van der Waals surface area contributed by atoms with E-state index < -0.39 is 10.0 Å². The predicted molar refractivity (Wildman–Crippen MR) is 85.6 cm³/mol. The minimum absolute atomic E-state index is 0.0137. The van der Waals surface area contributed by atoms with Crippen molar-refractivity contribution in [3.05, 3.63) is 12.5 Å². The van der Waals surface area contributed by atoms with Crippen LogP contribution in [0, 0.1) is 0 Å². The highest BCUT2D eigenvalue weighted by Crippen LogP contribution is 2.25. The molecule has 0 amide bonds. The van der Waals surface area contributed by atoms with Gasteiger partial charge in [0.1, 0.15) is 12.1 Å². The first-order valence-corrected chi connectivity index (χ1v) is 9.36. The Bertz CT molecular complexity index is 790. The van der Waals surface area contributed by atoms with Crippen LogP contribution in [0.3, 0.4) is 0 Å². The van der Waals surface area contributed by atoms with Crippen molar-refractivity contribution in [3.8, 4) is 0 Å². The van der Waals surface area contributed by atoms with Gasteiger partial charge in [0, 0.05) is 19.1 Å². The summed E-state index contributed by atoms with van der Waals surface area (Å²) in [5.74, 6) is 0.749. The summed E-state index contributed by atoms with van der Waals surface area (Å²) in [5.41, 5.74) is 0.669. The van der Waals surface area contributed by atoms with Gasteiger partial charge >= 0.3 is 0 Å². The van der Waals surface area contributed by atoms with Crippen molar-refractivity contribution in [2.75, 3.05) is 30.9 Å². The minimum atomic E-state index is -3.23. The first kappa shape index (κ1) is 16.1. The van der Waals surface area contributed by atoms with Crippen LogP contribution in [0.4, 0.5) is 5.82 Å². The second-order valence-corrected chi connectivity index (χ2v) is 7.48. The number of nitrogens with one attached hydrogen (secondary N) is 1. The Morgan fingerprint density at radius 1 is 1.43 bits per heavy atom. The molecule has 2 aromatic rings. The third-order valence-electron chi connectivity index (χ3n) is 3.83. The van der Waals surface area contributed by atoms with Crippen molar-refractivity contribution in [1.29, 1.82) is 0 Å². The fourth-order valence-electron chi connectivity index (χ4n) is 2.96. The van der Waals surface area contributed by atoms with E-state index in [-0.39, 0.29) is 12.6 Å². The number of sulfonamides is 1. The normalized spacial score (nSPS) is 19.4. The third kappa shape index (κ3) is 3.59. The molecule has 0 spiro atoms. The molecule has 1 atom stereocenters. The molecule has 1 saturated heterocycles. The van der Waals surface area contributed by atoms with Crippen LogP contribution >= 0.6 is 0 Å². The zero-order valence-electron chi connectivity index (χ0n) is 12.9. The number of aliphatic hydroxyl groups excluding tert-OH is 1. The largest absolute Gasteiger partial charge is 0.394 e. The molecule has 3 rings (SSSR count). The van der Waals surface area contributed by atoms with E-state index in [2.05, 4.69) is 24.7 Å². The molecule has 1 aliphatic heterocycles. The summed E-state index contributed by atoms with van der Waals surface area (Å²) in [6, 6.07) is -0.128. The average Bonchev–Trinajstić information content (AvgIpc) is 2.89. The Kier molecular flexibility index (Phi) is 4.46. The van der Waals surface area contributed by atoms with Crippen LogP contribution in [0.5, 0.6) is 0 Å². The van der Waals surface area contributed by atoms with E-state index in [9.17, 15) is 8.42 Å². The maximum atomic E-state index is 11.4.